The Labute approximate surface area is 106 Å². The van der Waals surface area contributed by atoms with E-state index in [4.69, 9.17) is 5.73 Å². The molecule has 0 aliphatic heterocycles. The summed E-state index contributed by atoms with van der Waals surface area (Å²) in [6, 6.07) is 0.165. The van der Waals surface area contributed by atoms with Crippen molar-refractivity contribution < 1.29 is 0 Å². The molecule has 0 heterocycles. The van der Waals surface area contributed by atoms with Gasteiger partial charge >= 0.3 is 0 Å². The Hall–Kier alpha value is -0.820. The lowest BCUT2D eigenvalue weighted by molar-refractivity contribution is 0.453. The minimum atomic E-state index is 0.165. The molecule has 0 amide bonds. The molecular formula is C16H27N. The Morgan fingerprint density at radius 2 is 1.18 bits per heavy atom. The molecule has 0 fully saturated rings. The molecule has 0 aromatic heterocycles. The lowest BCUT2D eigenvalue weighted by atomic mass is 9.82. The van der Waals surface area contributed by atoms with E-state index in [0.29, 0.717) is 5.92 Å². The maximum Gasteiger partial charge on any atom is 0.0326 e. The highest BCUT2D eigenvalue weighted by molar-refractivity contribution is 5.50. The standard InChI is InChI=1S/C16H27N/c1-8-9(2)16(17)15-13(6)11(4)10(3)12(5)14(15)7/h9,16H,8,17H2,1-7H3/t9?,16-/m0/s1. The Bertz CT molecular complexity index is 389. The summed E-state index contributed by atoms with van der Waals surface area (Å²) >= 11 is 0. The zero-order chi connectivity index (χ0) is 13.3. The summed E-state index contributed by atoms with van der Waals surface area (Å²) in [5.41, 5.74) is 14.8. The summed E-state index contributed by atoms with van der Waals surface area (Å²) in [5, 5.41) is 0. The molecule has 0 aliphatic rings. The number of rotatable bonds is 3. The zero-order valence-electron chi connectivity index (χ0n) is 12.4. The van der Waals surface area contributed by atoms with Gasteiger partial charge in [0.05, 0.1) is 0 Å². The summed E-state index contributed by atoms with van der Waals surface area (Å²) in [5.74, 6) is 0.536. The van der Waals surface area contributed by atoms with E-state index in [2.05, 4.69) is 48.5 Å². The molecule has 1 heteroatoms. The van der Waals surface area contributed by atoms with Gasteiger partial charge in [0, 0.05) is 6.04 Å². The predicted molar refractivity (Wildman–Crippen MR) is 76.5 cm³/mol. The van der Waals surface area contributed by atoms with Gasteiger partial charge in [-0.1, -0.05) is 20.3 Å². The van der Waals surface area contributed by atoms with Crippen LogP contribution in [0.3, 0.4) is 0 Å². The maximum absolute atomic E-state index is 6.44. The quantitative estimate of drug-likeness (QED) is 0.828. The van der Waals surface area contributed by atoms with Gasteiger partial charge in [-0.25, -0.2) is 0 Å². The molecule has 0 spiro atoms. The van der Waals surface area contributed by atoms with E-state index in [-0.39, 0.29) is 6.04 Å². The van der Waals surface area contributed by atoms with Crippen molar-refractivity contribution >= 4 is 0 Å². The minimum Gasteiger partial charge on any atom is -0.324 e. The molecule has 0 saturated carbocycles. The van der Waals surface area contributed by atoms with Gasteiger partial charge in [-0.3, -0.25) is 0 Å². The molecule has 0 aliphatic carbocycles. The highest BCUT2D eigenvalue weighted by atomic mass is 14.7. The van der Waals surface area contributed by atoms with Crippen LogP contribution in [0.1, 0.15) is 59.7 Å². The molecule has 2 atom stereocenters. The number of benzene rings is 1. The van der Waals surface area contributed by atoms with Crippen molar-refractivity contribution in [2.45, 2.75) is 60.9 Å². The number of nitrogens with two attached hydrogens (primary N) is 1. The highest BCUT2D eigenvalue weighted by Gasteiger charge is 2.20. The largest absolute Gasteiger partial charge is 0.324 e. The van der Waals surface area contributed by atoms with E-state index in [1.807, 2.05) is 0 Å². The smallest absolute Gasteiger partial charge is 0.0326 e. The summed E-state index contributed by atoms with van der Waals surface area (Å²) in [4.78, 5) is 0. The Balaban J connectivity index is 3.44. The number of hydrogen-bond acceptors (Lipinski definition) is 1. The van der Waals surface area contributed by atoms with E-state index in [1.165, 1.54) is 33.4 Å². The van der Waals surface area contributed by atoms with Crippen LogP contribution in [0, 0.1) is 40.5 Å². The van der Waals surface area contributed by atoms with Crippen LogP contribution < -0.4 is 5.73 Å². The van der Waals surface area contributed by atoms with Gasteiger partial charge in [0.15, 0.2) is 0 Å². The highest BCUT2D eigenvalue weighted by Crippen LogP contribution is 2.33. The zero-order valence-corrected chi connectivity index (χ0v) is 12.4. The lowest BCUT2D eigenvalue weighted by Crippen LogP contribution is -2.22. The Kier molecular flexibility index (Phi) is 4.37. The van der Waals surface area contributed by atoms with E-state index >= 15 is 0 Å². The molecule has 0 saturated heterocycles. The Morgan fingerprint density at radius 1 is 0.824 bits per heavy atom. The van der Waals surface area contributed by atoms with Crippen molar-refractivity contribution in [3.63, 3.8) is 0 Å². The summed E-state index contributed by atoms with van der Waals surface area (Å²) in [7, 11) is 0. The molecule has 1 aromatic carbocycles. The molecule has 1 aromatic rings. The number of hydrogen-bond donors (Lipinski definition) is 1. The average molecular weight is 233 g/mol. The van der Waals surface area contributed by atoms with Crippen LogP contribution in [-0.4, -0.2) is 0 Å². The first-order valence-electron chi connectivity index (χ1n) is 6.65. The van der Waals surface area contributed by atoms with Gasteiger partial charge < -0.3 is 5.73 Å². The maximum atomic E-state index is 6.44. The second kappa shape index (κ2) is 5.22. The molecule has 0 radical (unpaired) electrons. The summed E-state index contributed by atoms with van der Waals surface area (Å²) in [6.07, 6.45) is 1.13. The van der Waals surface area contributed by atoms with Crippen LogP contribution in [0.25, 0.3) is 0 Å². The van der Waals surface area contributed by atoms with Crippen molar-refractivity contribution in [3.05, 3.63) is 33.4 Å². The van der Waals surface area contributed by atoms with Crippen LogP contribution in [0.4, 0.5) is 0 Å². The predicted octanol–water partition coefficient (Wildman–Crippen LogP) is 4.27. The first kappa shape index (κ1) is 14.2. The van der Waals surface area contributed by atoms with Gasteiger partial charge in [0.1, 0.15) is 0 Å². The van der Waals surface area contributed by atoms with Gasteiger partial charge in [-0.2, -0.15) is 0 Å². The molecule has 1 nitrogen and oxygen atoms in total. The van der Waals surface area contributed by atoms with Crippen LogP contribution in [-0.2, 0) is 0 Å². The molecule has 96 valence electrons. The molecule has 1 rings (SSSR count). The third-order valence-electron chi connectivity index (χ3n) is 4.65. The van der Waals surface area contributed by atoms with E-state index in [0.717, 1.165) is 6.42 Å². The first-order valence-corrected chi connectivity index (χ1v) is 6.65. The van der Waals surface area contributed by atoms with Crippen LogP contribution in [0.5, 0.6) is 0 Å². The fraction of sp³-hybridized carbons (Fsp3) is 0.625. The summed E-state index contributed by atoms with van der Waals surface area (Å²) in [6.45, 7) is 15.5. The van der Waals surface area contributed by atoms with Gasteiger partial charge in [-0.15, -0.1) is 0 Å². The van der Waals surface area contributed by atoms with Crippen LogP contribution >= 0.6 is 0 Å². The molecular weight excluding hydrogens is 206 g/mol. The van der Waals surface area contributed by atoms with Crippen molar-refractivity contribution in [2.24, 2.45) is 11.7 Å². The normalized spacial score (nSPS) is 14.8. The van der Waals surface area contributed by atoms with E-state index in [9.17, 15) is 0 Å². The van der Waals surface area contributed by atoms with Crippen LogP contribution in [0.15, 0.2) is 0 Å². The van der Waals surface area contributed by atoms with Gasteiger partial charge in [-0.05, 0) is 73.9 Å². The third-order valence-corrected chi connectivity index (χ3v) is 4.65. The van der Waals surface area contributed by atoms with E-state index < -0.39 is 0 Å². The fourth-order valence-corrected chi connectivity index (χ4v) is 2.57. The van der Waals surface area contributed by atoms with Crippen molar-refractivity contribution in [3.8, 4) is 0 Å². The van der Waals surface area contributed by atoms with Crippen molar-refractivity contribution in [1.82, 2.24) is 0 Å². The fourth-order valence-electron chi connectivity index (χ4n) is 2.57. The van der Waals surface area contributed by atoms with Gasteiger partial charge in [0.2, 0.25) is 0 Å². The second-order valence-electron chi connectivity index (χ2n) is 5.45. The van der Waals surface area contributed by atoms with Gasteiger partial charge in [0.25, 0.3) is 0 Å². The second-order valence-corrected chi connectivity index (χ2v) is 5.45. The SMILES string of the molecule is CCC(C)[C@H](N)c1c(C)c(C)c(C)c(C)c1C. The summed E-state index contributed by atoms with van der Waals surface area (Å²) < 4.78 is 0. The lowest BCUT2D eigenvalue weighted by Gasteiger charge is -2.26. The topological polar surface area (TPSA) is 26.0 Å². The van der Waals surface area contributed by atoms with E-state index in [1.54, 1.807) is 0 Å². The average Bonchev–Trinajstić information content (AvgIpc) is 2.32. The first-order chi connectivity index (χ1) is 7.82. The van der Waals surface area contributed by atoms with Crippen LogP contribution in [0.2, 0.25) is 0 Å². The molecule has 2 N–H and O–H groups in total. The molecule has 17 heavy (non-hydrogen) atoms. The monoisotopic (exact) mass is 233 g/mol. The van der Waals surface area contributed by atoms with Crippen molar-refractivity contribution in [1.29, 1.82) is 0 Å². The third kappa shape index (κ3) is 2.40. The Morgan fingerprint density at radius 3 is 1.53 bits per heavy atom. The van der Waals surface area contributed by atoms with Crippen molar-refractivity contribution in [2.75, 3.05) is 0 Å². The molecule has 0 bridgehead atoms. The minimum absolute atomic E-state index is 0.165. The molecule has 1 unspecified atom stereocenters.